The van der Waals surface area contributed by atoms with E-state index in [9.17, 15) is 13.6 Å². The molecule has 2 saturated heterocycles. The Kier molecular flexibility index (Phi) is 5.70. The van der Waals surface area contributed by atoms with Gasteiger partial charge in [0, 0.05) is 49.5 Å². The molecule has 1 amide bonds. The summed E-state index contributed by atoms with van der Waals surface area (Å²) >= 11 is 0. The molecule has 0 atom stereocenters. The van der Waals surface area contributed by atoms with E-state index in [2.05, 4.69) is 37.3 Å². The van der Waals surface area contributed by atoms with Gasteiger partial charge in [0.25, 0.3) is 0 Å². The van der Waals surface area contributed by atoms with Crippen LogP contribution in [-0.4, -0.2) is 51.2 Å². The largest absolute Gasteiger partial charge is 0.371 e. The second kappa shape index (κ2) is 8.80. The molecule has 5 rings (SSSR count). The summed E-state index contributed by atoms with van der Waals surface area (Å²) in [5.74, 6) is -0.710. The van der Waals surface area contributed by atoms with Crippen molar-refractivity contribution in [3.8, 4) is 5.69 Å². The predicted octanol–water partition coefficient (Wildman–Crippen LogP) is 4.19. The van der Waals surface area contributed by atoms with E-state index < -0.39 is 11.6 Å². The van der Waals surface area contributed by atoms with Gasteiger partial charge < -0.3 is 15.1 Å². The van der Waals surface area contributed by atoms with E-state index >= 15 is 0 Å². The molecule has 0 unspecified atom stereocenters. The Hall–Kier alpha value is -3.49. The molecular formula is C24H26F2N6O. The minimum absolute atomic E-state index is 0.261. The van der Waals surface area contributed by atoms with E-state index in [0.717, 1.165) is 61.9 Å². The molecule has 0 spiro atoms. The Bertz CT molecular complexity index is 1150. The number of likely N-dealkylation sites (tertiary alicyclic amines) is 1. The lowest BCUT2D eigenvalue weighted by Crippen LogP contribution is -2.45. The lowest BCUT2D eigenvalue weighted by atomic mass is 10.0. The Morgan fingerprint density at radius 1 is 0.970 bits per heavy atom. The predicted molar refractivity (Wildman–Crippen MR) is 122 cm³/mol. The molecule has 3 aromatic rings. The van der Waals surface area contributed by atoms with Crippen molar-refractivity contribution in [1.29, 1.82) is 0 Å². The van der Waals surface area contributed by atoms with Crippen molar-refractivity contribution in [1.82, 2.24) is 19.7 Å². The van der Waals surface area contributed by atoms with Gasteiger partial charge in [0.1, 0.15) is 18.0 Å². The van der Waals surface area contributed by atoms with Crippen molar-refractivity contribution < 1.29 is 13.6 Å². The van der Waals surface area contributed by atoms with Gasteiger partial charge >= 0.3 is 0 Å². The maximum atomic E-state index is 13.5. The highest BCUT2D eigenvalue weighted by molar-refractivity contribution is 5.78. The lowest BCUT2D eigenvalue weighted by Gasteiger charge is -2.38. The third kappa shape index (κ3) is 4.67. The average Bonchev–Trinajstić information content (AvgIpc) is 3.42. The molecule has 3 heterocycles. The molecule has 172 valence electrons. The number of hydrogen-bond acceptors (Lipinski definition) is 5. The van der Waals surface area contributed by atoms with Crippen LogP contribution < -0.4 is 10.2 Å². The van der Waals surface area contributed by atoms with Gasteiger partial charge in [0.15, 0.2) is 0 Å². The van der Waals surface area contributed by atoms with E-state index in [4.69, 9.17) is 0 Å². The fourth-order valence-corrected chi connectivity index (χ4v) is 4.75. The summed E-state index contributed by atoms with van der Waals surface area (Å²) in [6.07, 6.45) is 5.02. The molecule has 1 aromatic heterocycles. The number of carbonyl (C=O) groups is 1. The van der Waals surface area contributed by atoms with Gasteiger partial charge in [-0.05, 0) is 62.1 Å². The molecule has 9 heteroatoms. The van der Waals surface area contributed by atoms with Crippen LogP contribution >= 0.6 is 0 Å². The van der Waals surface area contributed by atoms with Crippen molar-refractivity contribution >= 4 is 23.2 Å². The number of aromatic nitrogens is 3. The SMILES string of the molecule is Cc1cc(Nc2ncn(-c3cc(F)cc(F)c3)n2)cc(N2CCC(N3CCCC3=O)CC2)c1. The highest BCUT2D eigenvalue weighted by Crippen LogP contribution is 2.29. The first kappa shape index (κ1) is 21.4. The number of amides is 1. The third-order valence-corrected chi connectivity index (χ3v) is 6.30. The second-order valence-electron chi connectivity index (χ2n) is 8.73. The molecule has 2 aliphatic rings. The van der Waals surface area contributed by atoms with E-state index in [1.807, 2.05) is 13.0 Å². The molecule has 0 bridgehead atoms. The highest BCUT2D eigenvalue weighted by Gasteiger charge is 2.30. The molecule has 2 fully saturated rings. The van der Waals surface area contributed by atoms with Crippen molar-refractivity contribution in [3.05, 3.63) is 59.9 Å². The van der Waals surface area contributed by atoms with Crippen LogP contribution in [0.25, 0.3) is 5.69 Å². The number of aryl methyl sites for hydroxylation is 1. The van der Waals surface area contributed by atoms with E-state index in [0.29, 0.717) is 24.3 Å². The standard InChI is InChI=1S/C24H26F2N6O/c1-16-9-19(28-24-27-15-32(29-24)22-12-17(25)11-18(26)13-22)14-21(10-16)30-7-4-20(5-8-30)31-6-2-3-23(31)33/h9-15,20H,2-8H2,1H3,(H,28,29). The molecule has 1 N–H and O–H groups in total. The lowest BCUT2D eigenvalue weighted by molar-refractivity contribution is -0.130. The number of piperidine rings is 1. The van der Waals surface area contributed by atoms with Crippen LogP contribution in [0, 0.1) is 18.6 Å². The van der Waals surface area contributed by atoms with Crippen LogP contribution in [0.3, 0.4) is 0 Å². The first-order valence-electron chi connectivity index (χ1n) is 11.3. The smallest absolute Gasteiger partial charge is 0.246 e. The zero-order valence-corrected chi connectivity index (χ0v) is 18.5. The van der Waals surface area contributed by atoms with E-state index in [1.54, 1.807) is 0 Å². The summed E-state index contributed by atoms with van der Waals surface area (Å²) in [5, 5.41) is 7.49. The molecule has 7 nitrogen and oxygen atoms in total. The Morgan fingerprint density at radius 2 is 1.73 bits per heavy atom. The van der Waals surface area contributed by atoms with Crippen LogP contribution in [0.4, 0.5) is 26.1 Å². The summed E-state index contributed by atoms with van der Waals surface area (Å²) in [5.41, 5.74) is 3.30. The highest BCUT2D eigenvalue weighted by atomic mass is 19.1. The van der Waals surface area contributed by atoms with Gasteiger partial charge in [-0.2, -0.15) is 4.98 Å². The zero-order chi connectivity index (χ0) is 22.9. The Labute approximate surface area is 191 Å². The first-order valence-corrected chi connectivity index (χ1v) is 11.3. The summed E-state index contributed by atoms with van der Waals surface area (Å²) in [7, 11) is 0. The number of carbonyl (C=O) groups excluding carboxylic acids is 1. The van der Waals surface area contributed by atoms with Crippen molar-refractivity contribution in [3.63, 3.8) is 0 Å². The molecule has 2 aliphatic heterocycles. The molecule has 0 radical (unpaired) electrons. The summed E-state index contributed by atoms with van der Waals surface area (Å²) in [6.45, 7) is 4.72. The van der Waals surface area contributed by atoms with Gasteiger partial charge in [-0.3, -0.25) is 4.79 Å². The minimum Gasteiger partial charge on any atom is -0.371 e. The summed E-state index contributed by atoms with van der Waals surface area (Å²) in [4.78, 5) is 20.7. The number of nitrogens with one attached hydrogen (secondary N) is 1. The van der Waals surface area contributed by atoms with Crippen LogP contribution in [0.2, 0.25) is 0 Å². The second-order valence-corrected chi connectivity index (χ2v) is 8.73. The fourth-order valence-electron chi connectivity index (χ4n) is 4.75. The van der Waals surface area contributed by atoms with Crippen LogP contribution in [0.15, 0.2) is 42.7 Å². The number of halogens is 2. The van der Waals surface area contributed by atoms with Crippen LogP contribution in [0.5, 0.6) is 0 Å². The first-order chi connectivity index (χ1) is 15.9. The van der Waals surface area contributed by atoms with Gasteiger partial charge in [0.05, 0.1) is 5.69 Å². The number of rotatable bonds is 5. The van der Waals surface area contributed by atoms with Crippen molar-refractivity contribution in [2.24, 2.45) is 0 Å². The zero-order valence-electron chi connectivity index (χ0n) is 18.5. The van der Waals surface area contributed by atoms with E-state index in [1.165, 1.54) is 23.1 Å². The third-order valence-electron chi connectivity index (χ3n) is 6.30. The quantitative estimate of drug-likeness (QED) is 0.629. The fraction of sp³-hybridized carbons (Fsp3) is 0.375. The van der Waals surface area contributed by atoms with E-state index in [-0.39, 0.29) is 5.69 Å². The number of nitrogens with zero attached hydrogens (tertiary/aromatic N) is 5. The Morgan fingerprint density at radius 3 is 2.42 bits per heavy atom. The van der Waals surface area contributed by atoms with Gasteiger partial charge in [-0.15, -0.1) is 5.10 Å². The van der Waals surface area contributed by atoms with Gasteiger partial charge in [-0.25, -0.2) is 13.5 Å². The molecule has 0 aliphatic carbocycles. The number of anilines is 3. The monoisotopic (exact) mass is 452 g/mol. The molecule has 33 heavy (non-hydrogen) atoms. The summed E-state index contributed by atoms with van der Waals surface area (Å²) < 4.78 is 28.4. The maximum Gasteiger partial charge on any atom is 0.246 e. The van der Waals surface area contributed by atoms with Crippen molar-refractivity contribution in [2.75, 3.05) is 29.9 Å². The molecular weight excluding hydrogens is 426 g/mol. The molecule has 2 aromatic carbocycles. The van der Waals surface area contributed by atoms with Gasteiger partial charge in [0.2, 0.25) is 11.9 Å². The Balaban J connectivity index is 1.28. The van der Waals surface area contributed by atoms with Crippen LogP contribution in [0.1, 0.15) is 31.2 Å². The topological polar surface area (TPSA) is 66.3 Å². The maximum absolute atomic E-state index is 13.5. The average molecular weight is 453 g/mol. The normalized spacial score (nSPS) is 17.1. The van der Waals surface area contributed by atoms with Gasteiger partial charge in [-0.1, -0.05) is 0 Å². The molecule has 0 saturated carbocycles. The number of benzene rings is 2. The number of hydrogen-bond donors (Lipinski definition) is 1. The minimum atomic E-state index is -0.670. The van der Waals surface area contributed by atoms with Crippen molar-refractivity contribution in [2.45, 2.75) is 38.6 Å². The van der Waals surface area contributed by atoms with Crippen LogP contribution in [-0.2, 0) is 4.79 Å². The summed E-state index contributed by atoms with van der Waals surface area (Å²) in [6, 6.07) is 9.77.